The SMILES string of the molecule is CN(CC1CC(O)C(n2ccc3c(N)ncnc32)C1)C1CC(CCc2nc3ccc(C(C)(C)C)cc3[nH]2)C1. The molecule has 3 unspecified atom stereocenters. The fourth-order valence-electron chi connectivity index (χ4n) is 6.64. The molecule has 3 atom stereocenters. The molecule has 0 saturated heterocycles. The van der Waals surface area contributed by atoms with Crippen LogP contribution in [0.5, 0.6) is 0 Å². The monoisotopic (exact) mass is 515 g/mol. The number of nitrogens with one attached hydrogen (secondary N) is 1. The number of aromatic nitrogens is 5. The van der Waals surface area contributed by atoms with Gasteiger partial charge in [-0.1, -0.05) is 26.8 Å². The lowest BCUT2D eigenvalue weighted by atomic mass is 9.76. The quantitative estimate of drug-likeness (QED) is 0.325. The number of aliphatic hydroxyl groups excluding tert-OH is 1. The van der Waals surface area contributed by atoms with Crippen LogP contribution >= 0.6 is 0 Å². The van der Waals surface area contributed by atoms with Crippen LogP contribution in [-0.2, 0) is 11.8 Å². The Hall–Kier alpha value is -2.97. The van der Waals surface area contributed by atoms with Gasteiger partial charge in [0.15, 0.2) is 0 Å². The number of hydrogen-bond donors (Lipinski definition) is 3. The maximum absolute atomic E-state index is 10.9. The first kappa shape index (κ1) is 25.3. The largest absolute Gasteiger partial charge is 0.391 e. The average Bonchev–Trinajstić information content (AvgIpc) is 3.53. The van der Waals surface area contributed by atoms with E-state index < -0.39 is 0 Å². The molecular weight excluding hydrogens is 474 g/mol. The average molecular weight is 516 g/mol. The van der Waals surface area contributed by atoms with Gasteiger partial charge < -0.3 is 25.3 Å². The van der Waals surface area contributed by atoms with E-state index in [9.17, 15) is 5.11 Å². The zero-order valence-corrected chi connectivity index (χ0v) is 23.1. The highest BCUT2D eigenvalue weighted by atomic mass is 16.3. The number of nitrogen functional groups attached to an aromatic ring is 1. The van der Waals surface area contributed by atoms with Gasteiger partial charge in [-0.3, -0.25) is 0 Å². The van der Waals surface area contributed by atoms with E-state index in [1.54, 1.807) is 0 Å². The Bertz CT molecular complexity index is 1430. The summed E-state index contributed by atoms with van der Waals surface area (Å²) in [5.41, 5.74) is 10.5. The minimum Gasteiger partial charge on any atom is -0.391 e. The fourth-order valence-corrected chi connectivity index (χ4v) is 6.64. The zero-order chi connectivity index (χ0) is 26.6. The summed E-state index contributed by atoms with van der Waals surface area (Å²) < 4.78 is 2.10. The number of nitrogens with two attached hydrogens (primary N) is 1. The van der Waals surface area contributed by atoms with Crippen molar-refractivity contribution < 1.29 is 5.11 Å². The number of aryl methyl sites for hydroxylation is 1. The van der Waals surface area contributed by atoms with E-state index in [1.807, 2.05) is 12.3 Å². The molecule has 6 rings (SSSR count). The molecule has 0 radical (unpaired) electrons. The normalized spacial score (nSPS) is 26.0. The van der Waals surface area contributed by atoms with Gasteiger partial charge in [0, 0.05) is 25.2 Å². The highest BCUT2D eigenvalue weighted by Gasteiger charge is 2.38. The van der Waals surface area contributed by atoms with E-state index in [1.165, 1.54) is 31.2 Å². The number of hydrogen-bond acceptors (Lipinski definition) is 6. The molecular formula is C30H41N7O. The predicted octanol–water partition coefficient (Wildman–Crippen LogP) is 4.84. The molecule has 8 heteroatoms. The van der Waals surface area contributed by atoms with Crippen molar-refractivity contribution in [3.63, 3.8) is 0 Å². The van der Waals surface area contributed by atoms with Gasteiger partial charge in [-0.2, -0.15) is 0 Å². The number of H-pyrrole nitrogens is 1. The molecule has 0 aliphatic heterocycles. The molecule has 38 heavy (non-hydrogen) atoms. The Morgan fingerprint density at radius 2 is 1.92 bits per heavy atom. The van der Waals surface area contributed by atoms with Crippen LogP contribution in [0.2, 0.25) is 0 Å². The highest BCUT2D eigenvalue weighted by molar-refractivity contribution is 5.86. The van der Waals surface area contributed by atoms with Crippen molar-refractivity contribution in [3.8, 4) is 0 Å². The third-order valence-corrected chi connectivity index (χ3v) is 9.06. The molecule has 1 aromatic carbocycles. The van der Waals surface area contributed by atoms with Crippen molar-refractivity contribution in [1.82, 2.24) is 29.4 Å². The first-order valence-corrected chi connectivity index (χ1v) is 14.1. The van der Waals surface area contributed by atoms with Crippen LogP contribution in [-0.4, -0.2) is 60.2 Å². The van der Waals surface area contributed by atoms with Crippen molar-refractivity contribution in [2.75, 3.05) is 19.3 Å². The summed E-state index contributed by atoms with van der Waals surface area (Å²) in [5, 5.41) is 11.7. The predicted molar refractivity (Wildman–Crippen MR) is 152 cm³/mol. The van der Waals surface area contributed by atoms with Gasteiger partial charge in [0.25, 0.3) is 0 Å². The molecule has 202 valence electrons. The smallest absolute Gasteiger partial charge is 0.145 e. The Labute approximate surface area is 224 Å². The molecule has 3 heterocycles. The van der Waals surface area contributed by atoms with Gasteiger partial charge >= 0.3 is 0 Å². The first-order chi connectivity index (χ1) is 18.2. The molecule has 8 nitrogen and oxygen atoms in total. The molecule has 2 saturated carbocycles. The van der Waals surface area contributed by atoms with Crippen LogP contribution in [0.1, 0.15) is 70.3 Å². The summed E-state index contributed by atoms with van der Waals surface area (Å²) in [5.74, 6) is 2.84. The van der Waals surface area contributed by atoms with Crippen molar-refractivity contribution in [2.24, 2.45) is 11.8 Å². The minimum atomic E-state index is -0.363. The lowest BCUT2D eigenvalue weighted by Crippen LogP contribution is -2.44. The van der Waals surface area contributed by atoms with Crippen LogP contribution in [0.4, 0.5) is 5.82 Å². The van der Waals surface area contributed by atoms with Gasteiger partial charge in [0.2, 0.25) is 0 Å². The van der Waals surface area contributed by atoms with E-state index in [0.29, 0.717) is 17.8 Å². The van der Waals surface area contributed by atoms with Crippen LogP contribution in [0.3, 0.4) is 0 Å². The van der Waals surface area contributed by atoms with Gasteiger partial charge in [-0.15, -0.1) is 0 Å². The maximum Gasteiger partial charge on any atom is 0.145 e. The van der Waals surface area contributed by atoms with Gasteiger partial charge in [-0.05, 0) is 80.2 Å². The molecule has 3 aromatic heterocycles. The molecule has 0 bridgehead atoms. The summed E-state index contributed by atoms with van der Waals surface area (Å²) in [6, 6.07) is 9.25. The molecule has 2 fully saturated rings. The Morgan fingerprint density at radius 1 is 1.11 bits per heavy atom. The second-order valence-electron chi connectivity index (χ2n) is 12.8. The molecule has 0 spiro atoms. The number of anilines is 1. The van der Waals surface area contributed by atoms with Gasteiger partial charge in [-0.25, -0.2) is 15.0 Å². The van der Waals surface area contributed by atoms with Crippen molar-refractivity contribution in [1.29, 1.82) is 0 Å². The van der Waals surface area contributed by atoms with Gasteiger partial charge in [0.05, 0.1) is 28.6 Å². The maximum atomic E-state index is 10.9. The lowest BCUT2D eigenvalue weighted by molar-refractivity contribution is 0.0803. The number of rotatable bonds is 7. The van der Waals surface area contributed by atoms with Gasteiger partial charge in [0.1, 0.15) is 23.6 Å². The van der Waals surface area contributed by atoms with Crippen LogP contribution in [0.25, 0.3) is 22.1 Å². The van der Waals surface area contributed by atoms with E-state index in [2.05, 4.69) is 70.4 Å². The third-order valence-electron chi connectivity index (χ3n) is 9.06. The second kappa shape index (κ2) is 9.65. The molecule has 4 N–H and O–H groups in total. The fraction of sp³-hybridized carbons (Fsp3) is 0.567. The van der Waals surface area contributed by atoms with E-state index >= 15 is 0 Å². The number of imidazole rings is 1. The summed E-state index contributed by atoms with van der Waals surface area (Å²) in [6.07, 6.45) is 9.62. The van der Waals surface area contributed by atoms with Crippen molar-refractivity contribution in [3.05, 3.63) is 48.2 Å². The minimum absolute atomic E-state index is 0.0395. The standard InChI is InChI=1S/C30H41N7O/c1-30(2,3)20-6-7-23-24(15-20)35-27(34-23)8-5-18-11-21(12-18)36(4)16-19-13-25(26(38)14-19)37-10-9-22-28(31)32-17-33-29(22)37/h6-7,9-10,15,17-19,21,25-26,38H,5,8,11-14,16H2,1-4H3,(H,34,35)(H2,31,32,33). The van der Waals surface area contributed by atoms with Crippen LogP contribution in [0, 0.1) is 11.8 Å². The van der Waals surface area contributed by atoms with E-state index in [-0.39, 0.29) is 17.6 Å². The molecule has 4 aromatic rings. The van der Waals surface area contributed by atoms with Crippen molar-refractivity contribution in [2.45, 2.75) is 82.9 Å². The third kappa shape index (κ3) is 4.80. The lowest BCUT2D eigenvalue weighted by Gasteiger charge is -2.42. The number of aromatic amines is 1. The highest BCUT2D eigenvalue weighted by Crippen LogP contribution is 2.40. The molecule has 2 aliphatic carbocycles. The second-order valence-corrected chi connectivity index (χ2v) is 12.8. The summed E-state index contributed by atoms with van der Waals surface area (Å²) in [4.78, 5) is 19.5. The Kier molecular flexibility index (Phi) is 6.43. The Balaban J connectivity index is 0.990. The van der Waals surface area contributed by atoms with Crippen molar-refractivity contribution >= 4 is 27.9 Å². The molecule has 2 aliphatic rings. The number of benzene rings is 1. The summed E-state index contributed by atoms with van der Waals surface area (Å²) in [7, 11) is 2.26. The van der Waals surface area contributed by atoms with Crippen LogP contribution in [0.15, 0.2) is 36.8 Å². The van der Waals surface area contributed by atoms with E-state index in [0.717, 1.165) is 59.6 Å². The number of nitrogens with zero attached hydrogens (tertiary/aromatic N) is 5. The van der Waals surface area contributed by atoms with E-state index in [4.69, 9.17) is 10.7 Å². The first-order valence-electron chi connectivity index (χ1n) is 14.1. The number of fused-ring (bicyclic) bond motifs is 2. The van der Waals surface area contributed by atoms with Crippen LogP contribution < -0.4 is 5.73 Å². The number of aliphatic hydroxyl groups is 1. The zero-order valence-electron chi connectivity index (χ0n) is 23.1. The topological polar surface area (TPSA) is 109 Å². The summed E-state index contributed by atoms with van der Waals surface area (Å²) in [6.45, 7) is 7.77. The molecule has 0 amide bonds. The Morgan fingerprint density at radius 3 is 2.71 bits per heavy atom. The summed E-state index contributed by atoms with van der Waals surface area (Å²) >= 11 is 0.